The lowest BCUT2D eigenvalue weighted by Crippen LogP contribution is -2.48. The van der Waals surface area contributed by atoms with E-state index in [1.54, 1.807) is 17.8 Å². The lowest BCUT2D eigenvalue weighted by Gasteiger charge is -2.31. The molecule has 1 amide bonds. The molecule has 1 aromatic carbocycles. The van der Waals surface area contributed by atoms with Crippen LogP contribution in [0, 0.1) is 5.82 Å². The van der Waals surface area contributed by atoms with Crippen LogP contribution in [0.1, 0.15) is 5.56 Å². The van der Waals surface area contributed by atoms with Gasteiger partial charge in [0.15, 0.2) is 0 Å². The minimum atomic E-state index is -0.261. The Balaban J connectivity index is 1.63. The zero-order valence-corrected chi connectivity index (χ0v) is 14.6. The van der Waals surface area contributed by atoms with Crippen LogP contribution < -0.4 is 5.32 Å². The third-order valence-corrected chi connectivity index (χ3v) is 5.32. The molecule has 3 rings (SSSR count). The number of morpholine rings is 1. The Kier molecular flexibility index (Phi) is 6.48. The SMILES string of the molecule is O=C(C1CSCN1)N(CCN1CCOCC1)Cc1cccc(F)c1. The highest BCUT2D eigenvalue weighted by Gasteiger charge is 2.27. The van der Waals surface area contributed by atoms with Crippen LogP contribution in [0.4, 0.5) is 4.39 Å². The summed E-state index contributed by atoms with van der Waals surface area (Å²) in [4.78, 5) is 17.0. The number of nitrogens with zero attached hydrogens (tertiary/aromatic N) is 2. The molecule has 7 heteroatoms. The van der Waals surface area contributed by atoms with Gasteiger partial charge in [-0.1, -0.05) is 12.1 Å². The maximum Gasteiger partial charge on any atom is 0.240 e. The molecule has 0 saturated carbocycles. The first-order valence-electron chi connectivity index (χ1n) is 8.37. The molecule has 1 N–H and O–H groups in total. The molecule has 24 heavy (non-hydrogen) atoms. The molecule has 0 aliphatic carbocycles. The van der Waals surface area contributed by atoms with Gasteiger partial charge in [0.1, 0.15) is 5.82 Å². The van der Waals surface area contributed by atoms with Crippen LogP contribution in [0.5, 0.6) is 0 Å². The average Bonchev–Trinajstić information content (AvgIpc) is 3.13. The molecule has 0 bridgehead atoms. The Morgan fingerprint density at radius 3 is 2.96 bits per heavy atom. The molecule has 2 heterocycles. The van der Waals surface area contributed by atoms with Crippen LogP contribution in [-0.2, 0) is 16.1 Å². The number of carbonyl (C=O) groups is 1. The van der Waals surface area contributed by atoms with Crippen molar-refractivity contribution in [1.82, 2.24) is 15.1 Å². The van der Waals surface area contributed by atoms with Gasteiger partial charge in [-0.05, 0) is 17.7 Å². The first kappa shape index (κ1) is 17.7. The monoisotopic (exact) mass is 353 g/mol. The molecule has 2 aliphatic heterocycles. The van der Waals surface area contributed by atoms with Gasteiger partial charge in [-0.3, -0.25) is 15.0 Å². The van der Waals surface area contributed by atoms with E-state index in [1.165, 1.54) is 12.1 Å². The first-order valence-corrected chi connectivity index (χ1v) is 9.52. The summed E-state index contributed by atoms with van der Waals surface area (Å²) >= 11 is 1.74. The second-order valence-corrected chi connectivity index (χ2v) is 7.15. The maximum atomic E-state index is 13.5. The van der Waals surface area contributed by atoms with E-state index >= 15 is 0 Å². The summed E-state index contributed by atoms with van der Waals surface area (Å²) in [5.41, 5.74) is 0.830. The minimum absolute atomic E-state index is 0.109. The Morgan fingerprint density at radius 2 is 2.25 bits per heavy atom. The Morgan fingerprint density at radius 1 is 1.42 bits per heavy atom. The van der Waals surface area contributed by atoms with E-state index in [1.807, 2.05) is 11.0 Å². The highest BCUT2D eigenvalue weighted by Crippen LogP contribution is 2.15. The number of hydrogen-bond donors (Lipinski definition) is 1. The van der Waals surface area contributed by atoms with E-state index in [9.17, 15) is 9.18 Å². The number of hydrogen-bond acceptors (Lipinski definition) is 5. The number of thioether (sulfide) groups is 1. The lowest BCUT2D eigenvalue weighted by molar-refractivity contribution is -0.133. The van der Waals surface area contributed by atoms with E-state index in [2.05, 4.69) is 10.2 Å². The van der Waals surface area contributed by atoms with Crippen LogP contribution in [0.3, 0.4) is 0 Å². The van der Waals surface area contributed by atoms with Gasteiger partial charge >= 0.3 is 0 Å². The van der Waals surface area contributed by atoms with Crippen molar-refractivity contribution in [3.05, 3.63) is 35.6 Å². The van der Waals surface area contributed by atoms with Crippen molar-refractivity contribution >= 4 is 17.7 Å². The normalized spacial score (nSPS) is 21.8. The van der Waals surface area contributed by atoms with Crippen molar-refractivity contribution in [3.63, 3.8) is 0 Å². The number of amides is 1. The summed E-state index contributed by atoms with van der Waals surface area (Å²) in [6, 6.07) is 6.37. The third-order valence-electron chi connectivity index (χ3n) is 4.38. The van der Waals surface area contributed by atoms with Crippen molar-refractivity contribution in [2.75, 3.05) is 51.0 Å². The number of ether oxygens (including phenoxy) is 1. The van der Waals surface area contributed by atoms with Gasteiger partial charge in [0.25, 0.3) is 0 Å². The molecule has 1 atom stereocenters. The highest BCUT2D eigenvalue weighted by atomic mass is 32.2. The van der Waals surface area contributed by atoms with Gasteiger partial charge in [0, 0.05) is 44.4 Å². The van der Waals surface area contributed by atoms with Crippen LogP contribution in [0.25, 0.3) is 0 Å². The molecule has 1 aromatic rings. The fraction of sp³-hybridized carbons (Fsp3) is 0.588. The Labute approximate surface area is 146 Å². The predicted molar refractivity (Wildman–Crippen MR) is 93.3 cm³/mol. The van der Waals surface area contributed by atoms with Crippen molar-refractivity contribution in [3.8, 4) is 0 Å². The van der Waals surface area contributed by atoms with Gasteiger partial charge < -0.3 is 9.64 Å². The molecular weight excluding hydrogens is 329 g/mol. The van der Waals surface area contributed by atoms with Crippen molar-refractivity contribution < 1.29 is 13.9 Å². The van der Waals surface area contributed by atoms with Crippen molar-refractivity contribution in [2.24, 2.45) is 0 Å². The van der Waals surface area contributed by atoms with Crippen molar-refractivity contribution in [2.45, 2.75) is 12.6 Å². The van der Waals surface area contributed by atoms with Gasteiger partial charge in [0.05, 0.1) is 19.3 Å². The summed E-state index contributed by atoms with van der Waals surface area (Å²) in [6.07, 6.45) is 0. The second kappa shape index (κ2) is 8.80. The van der Waals surface area contributed by atoms with Crippen LogP contribution >= 0.6 is 11.8 Å². The standard InChI is InChI=1S/C17H24FN3O2S/c18-15-3-1-2-14(10-15)11-21(17(22)16-12-24-13-19-16)5-4-20-6-8-23-9-7-20/h1-3,10,16,19H,4-9,11-13H2. The fourth-order valence-electron chi connectivity index (χ4n) is 2.98. The molecular formula is C17H24FN3O2S. The molecule has 2 aliphatic rings. The largest absolute Gasteiger partial charge is 0.379 e. The first-order chi connectivity index (χ1) is 11.7. The van der Waals surface area contributed by atoms with Crippen LogP contribution in [-0.4, -0.2) is 72.8 Å². The summed E-state index contributed by atoms with van der Waals surface area (Å²) in [5, 5.41) is 3.24. The van der Waals surface area contributed by atoms with Crippen LogP contribution in [0.15, 0.2) is 24.3 Å². The Hall–Kier alpha value is -1.15. The van der Waals surface area contributed by atoms with Gasteiger partial charge in [-0.2, -0.15) is 0 Å². The predicted octanol–water partition coefficient (Wildman–Crippen LogP) is 1.15. The van der Waals surface area contributed by atoms with Crippen LogP contribution in [0.2, 0.25) is 0 Å². The van der Waals surface area contributed by atoms with E-state index in [4.69, 9.17) is 4.74 Å². The number of halogens is 1. The number of carbonyl (C=O) groups excluding carboxylic acids is 1. The molecule has 132 valence electrons. The molecule has 2 saturated heterocycles. The van der Waals surface area contributed by atoms with Crippen molar-refractivity contribution in [1.29, 1.82) is 0 Å². The number of benzene rings is 1. The smallest absolute Gasteiger partial charge is 0.240 e. The average molecular weight is 353 g/mol. The zero-order chi connectivity index (χ0) is 16.8. The third kappa shape index (κ3) is 4.92. The quantitative estimate of drug-likeness (QED) is 0.831. The maximum absolute atomic E-state index is 13.5. The Bertz CT molecular complexity index is 548. The second-order valence-electron chi connectivity index (χ2n) is 6.12. The summed E-state index contributed by atoms with van der Waals surface area (Å²) in [7, 11) is 0. The number of nitrogens with one attached hydrogen (secondary N) is 1. The van der Waals surface area contributed by atoms with Gasteiger partial charge in [0.2, 0.25) is 5.91 Å². The molecule has 2 fully saturated rings. The summed E-state index contributed by atoms with van der Waals surface area (Å²) in [6.45, 7) is 5.22. The van der Waals surface area contributed by atoms with E-state index < -0.39 is 0 Å². The van der Waals surface area contributed by atoms with E-state index in [0.29, 0.717) is 13.1 Å². The van der Waals surface area contributed by atoms with Gasteiger partial charge in [-0.25, -0.2) is 4.39 Å². The highest BCUT2D eigenvalue weighted by molar-refractivity contribution is 7.99. The summed E-state index contributed by atoms with van der Waals surface area (Å²) < 4.78 is 18.8. The molecule has 1 unspecified atom stereocenters. The molecule has 5 nitrogen and oxygen atoms in total. The van der Waals surface area contributed by atoms with E-state index in [0.717, 1.165) is 50.0 Å². The van der Waals surface area contributed by atoms with E-state index in [-0.39, 0.29) is 17.8 Å². The topological polar surface area (TPSA) is 44.8 Å². The lowest BCUT2D eigenvalue weighted by atomic mass is 10.2. The molecule has 0 spiro atoms. The fourth-order valence-corrected chi connectivity index (χ4v) is 3.92. The summed E-state index contributed by atoms with van der Waals surface area (Å²) in [5.74, 6) is 1.46. The number of rotatable bonds is 6. The van der Waals surface area contributed by atoms with Gasteiger partial charge in [-0.15, -0.1) is 11.8 Å². The minimum Gasteiger partial charge on any atom is -0.379 e. The zero-order valence-electron chi connectivity index (χ0n) is 13.7. The molecule has 0 aromatic heterocycles. The molecule has 0 radical (unpaired) electrons.